The maximum atomic E-state index is 13.0. The fourth-order valence-electron chi connectivity index (χ4n) is 4.01. The van der Waals surface area contributed by atoms with Gasteiger partial charge in [0.05, 0.1) is 5.39 Å². The zero-order valence-corrected chi connectivity index (χ0v) is 21.2. The number of fused-ring (bicyclic) bond motifs is 1. The smallest absolute Gasteiger partial charge is 0.229 e. The normalized spacial score (nSPS) is 14.6. The van der Waals surface area contributed by atoms with Crippen LogP contribution in [0.1, 0.15) is 28.8 Å². The van der Waals surface area contributed by atoms with E-state index in [4.69, 9.17) is 0 Å². The molecule has 4 heterocycles. The van der Waals surface area contributed by atoms with Crippen LogP contribution in [-0.4, -0.2) is 39.2 Å². The van der Waals surface area contributed by atoms with Gasteiger partial charge in [-0.3, -0.25) is 4.79 Å². The van der Waals surface area contributed by atoms with Crippen molar-refractivity contribution < 1.29 is 9.18 Å². The minimum atomic E-state index is -0.248. The molecule has 0 atom stereocenters. The molecule has 0 saturated carbocycles. The van der Waals surface area contributed by atoms with Gasteiger partial charge in [0, 0.05) is 29.6 Å². The highest BCUT2D eigenvalue weighted by molar-refractivity contribution is 8.00. The van der Waals surface area contributed by atoms with Crippen LogP contribution in [0.2, 0.25) is 0 Å². The number of rotatable bonds is 6. The van der Waals surface area contributed by atoms with Gasteiger partial charge in [-0.05, 0) is 49.9 Å². The molecule has 11 heteroatoms. The number of hydrogen-bond donors (Lipinski definition) is 1. The molecule has 0 bridgehead atoms. The molecule has 0 aliphatic carbocycles. The Morgan fingerprint density at radius 2 is 1.91 bits per heavy atom. The second-order valence-electron chi connectivity index (χ2n) is 8.20. The van der Waals surface area contributed by atoms with Crippen molar-refractivity contribution in [1.82, 2.24) is 20.2 Å². The Morgan fingerprint density at radius 3 is 2.68 bits per heavy atom. The van der Waals surface area contributed by atoms with E-state index < -0.39 is 0 Å². The number of hydrogen-bond acceptors (Lipinski definition) is 9. The van der Waals surface area contributed by atoms with Gasteiger partial charge in [-0.15, -0.1) is 21.5 Å². The van der Waals surface area contributed by atoms with Gasteiger partial charge in [0.25, 0.3) is 0 Å². The number of aromatic nitrogens is 4. The largest absolute Gasteiger partial charge is 0.356 e. The molecule has 1 N–H and O–H groups in total. The molecular formula is C23H23FN6OS3. The molecule has 3 aromatic heterocycles. The summed E-state index contributed by atoms with van der Waals surface area (Å²) in [5.74, 6) is 1.31. The van der Waals surface area contributed by atoms with Crippen LogP contribution in [0.5, 0.6) is 0 Å². The Kier molecular flexibility index (Phi) is 6.75. The number of carbonyl (C=O) groups is 1. The average molecular weight is 515 g/mol. The van der Waals surface area contributed by atoms with Crippen molar-refractivity contribution in [3.8, 4) is 0 Å². The number of nitrogens with zero attached hydrogens (tertiary/aromatic N) is 5. The van der Waals surface area contributed by atoms with Gasteiger partial charge in [0.1, 0.15) is 22.8 Å². The van der Waals surface area contributed by atoms with Gasteiger partial charge in [0.2, 0.25) is 11.0 Å². The third kappa shape index (κ3) is 4.91. The van der Waals surface area contributed by atoms with E-state index in [9.17, 15) is 9.18 Å². The molecule has 0 radical (unpaired) electrons. The van der Waals surface area contributed by atoms with Crippen molar-refractivity contribution in [2.45, 2.75) is 36.8 Å². The lowest BCUT2D eigenvalue weighted by atomic mass is 9.96. The molecule has 1 amide bonds. The summed E-state index contributed by atoms with van der Waals surface area (Å²) in [5.41, 5.74) is 2.24. The number of benzene rings is 1. The van der Waals surface area contributed by atoms with Crippen LogP contribution in [0.4, 0.5) is 15.3 Å². The van der Waals surface area contributed by atoms with Crippen molar-refractivity contribution in [3.63, 3.8) is 0 Å². The Balaban J connectivity index is 1.16. The lowest BCUT2D eigenvalue weighted by Crippen LogP contribution is -2.38. The molecule has 1 aliphatic heterocycles. The summed E-state index contributed by atoms with van der Waals surface area (Å²) < 4.78 is 13.8. The van der Waals surface area contributed by atoms with E-state index in [-0.39, 0.29) is 17.6 Å². The molecule has 34 heavy (non-hydrogen) atoms. The van der Waals surface area contributed by atoms with Crippen LogP contribution < -0.4 is 10.2 Å². The highest BCUT2D eigenvalue weighted by atomic mass is 32.2. The first-order valence-corrected chi connectivity index (χ1v) is 13.6. The lowest BCUT2D eigenvalue weighted by molar-refractivity contribution is -0.120. The molecule has 1 aromatic carbocycles. The van der Waals surface area contributed by atoms with Crippen molar-refractivity contribution in [3.05, 3.63) is 52.4 Å². The van der Waals surface area contributed by atoms with Gasteiger partial charge in [-0.2, -0.15) is 0 Å². The van der Waals surface area contributed by atoms with E-state index >= 15 is 0 Å². The van der Waals surface area contributed by atoms with E-state index in [1.807, 2.05) is 0 Å². The zero-order valence-electron chi connectivity index (χ0n) is 18.7. The van der Waals surface area contributed by atoms with Crippen LogP contribution in [0, 0.1) is 25.6 Å². The monoisotopic (exact) mass is 514 g/mol. The van der Waals surface area contributed by atoms with E-state index in [0.717, 1.165) is 51.9 Å². The molecule has 5 rings (SSSR count). The van der Waals surface area contributed by atoms with Crippen LogP contribution in [0.3, 0.4) is 0 Å². The minimum Gasteiger partial charge on any atom is -0.356 e. The van der Waals surface area contributed by atoms with E-state index in [1.165, 1.54) is 45.7 Å². The fourth-order valence-corrected chi connectivity index (χ4v) is 6.71. The summed E-state index contributed by atoms with van der Waals surface area (Å²) in [6, 6.07) is 6.41. The number of thioether (sulfide) groups is 1. The van der Waals surface area contributed by atoms with Gasteiger partial charge in [-0.1, -0.05) is 35.2 Å². The Bertz CT molecular complexity index is 1310. The lowest BCUT2D eigenvalue weighted by Gasteiger charge is -2.32. The summed E-state index contributed by atoms with van der Waals surface area (Å²) in [6.07, 6.45) is 3.14. The SMILES string of the molecule is Cc1sc2ncnc(N3CCC(C(=O)Nc4nnc(SCc5ccc(F)cc5)s4)CC3)c2c1C. The van der Waals surface area contributed by atoms with Crippen LogP contribution >= 0.6 is 34.4 Å². The predicted molar refractivity (Wildman–Crippen MR) is 136 cm³/mol. The van der Waals surface area contributed by atoms with Gasteiger partial charge < -0.3 is 10.2 Å². The molecule has 176 valence electrons. The van der Waals surface area contributed by atoms with Crippen molar-refractivity contribution >= 4 is 61.5 Å². The number of thiophene rings is 1. The maximum Gasteiger partial charge on any atom is 0.229 e. The topological polar surface area (TPSA) is 83.9 Å². The van der Waals surface area contributed by atoms with Crippen LogP contribution in [-0.2, 0) is 10.5 Å². The standard InChI is InChI=1S/C23H23FN6OS3/c1-13-14(2)33-21-18(13)19(25-12-26-21)30-9-7-16(8-10-30)20(31)27-22-28-29-23(34-22)32-11-15-3-5-17(24)6-4-15/h3-6,12,16H,7-11H2,1-2H3,(H,27,28,31). The van der Waals surface area contributed by atoms with E-state index in [1.54, 1.807) is 29.8 Å². The third-order valence-corrected chi connectivity index (χ3v) is 9.18. The molecule has 7 nitrogen and oxygen atoms in total. The Labute approximate surface area is 208 Å². The first-order chi connectivity index (χ1) is 16.5. The van der Waals surface area contributed by atoms with Gasteiger partial charge in [-0.25, -0.2) is 14.4 Å². The number of nitrogens with one attached hydrogen (secondary N) is 1. The summed E-state index contributed by atoms with van der Waals surface area (Å²) in [6.45, 7) is 5.78. The average Bonchev–Trinajstić information content (AvgIpc) is 3.42. The van der Waals surface area contributed by atoms with Crippen molar-refractivity contribution in [1.29, 1.82) is 0 Å². The first-order valence-electron chi connectivity index (χ1n) is 10.9. The van der Waals surface area contributed by atoms with E-state index in [2.05, 4.69) is 44.2 Å². The van der Waals surface area contributed by atoms with Crippen LogP contribution in [0.25, 0.3) is 10.2 Å². The molecule has 1 fully saturated rings. The number of amides is 1. The van der Waals surface area contributed by atoms with Crippen molar-refractivity contribution in [2.24, 2.45) is 5.92 Å². The number of halogens is 1. The van der Waals surface area contributed by atoms with Gasteiger partial charge >= 0.3 is 0 Å². The molecule has 0 spiro atoms. The number of carbonyl (C=O) groups excluding carboxylic acids is 1. The fraction of sp³-hybridized carbons (Fsp3) is 0.348. The molecular weight excluding hydrogens is 491 g/mol. The highest BCUT2D eigenvalue weighted by Gasteiger charge is 2.28. The molecule has 1 saturated heterocycles. The van der Waals surface area contributed by atoms with Gasteiger partial charge in [0.15, 0.2) is 4.34 Å². The summed E-state index contributed by atoms with van der Waals surface area (Å²) in [5, 5.41) is 12.9. The third-order valence-electron chi connectivity index (χ3n) is 6.02. The molecule has 1 aliphatic rings. The van der Waals surface area contributed by atoms with Crippen molar-refractivity contribution in [2.75, 3.05) is 23.3 Å². The van der Waals surface area contributed by atoms with Crippen LogP contribution in [0.15, 0.2) is 34.9 Å². The quantitative estimate of drug-likeness (QED) is 0.271. The Morgan fingerprint density at radius 1 is 1.15 bits per heavy atom. The number of anilines is 2. The summed E-state index contributed by atoms with van der Waals surface area (Å²) in [4.78, 5) is 26.4. The second kappa shape index (κ2) is 9.93. The second-order valence-corrected chi connectivity index (χ2v) is 11.6. The molecule has 4 aromatic rings. The summed E-state index contributed by atoms with van der Waals surface area (Å²) >= 11 is 4.57. The predicted octanol–water partition coefficient (Wildman–Crippen LogP) is 5.45. The number of aryl methyl sites for hydroxylation is 2. The Hall–Kier alpha value is -2.63. The first kappa shape index (κ1) is 23.1. The summed E-state index contributed by atoms with van der Waals surface area (Å²) in [7, 11) is 0. The maximum absolute atomic E-state index is 13.0. The van der Waals surface area contributed by atoms with E-state index in [0.29, 0.717) is 10.9 Å². The minimum absolute atomic E-state index is 0.0127. The number of piperidine rings is 1. The zero-order chi connectivity index (χ0) is 23.7. The highest BCUT2D eigenvalue weighted by Crippen LogP contribution is 2.36. The molecule has 0 unspecified atom stereocenters.